The first-order valence-electron chi connectivity index (χ1n) is 5.25. The van der Waals surface area contributed by atoms with Crippen LogP contribution in [0.3, 0.4) is 0 Å². The quantitative estimate of drug-likeness (QED) is 0.646. The number of nitrogens with two attached hydrogens (primary N) is 1. The maximum absolute atomic E-state index is 11.4. The van der Waals surface area contributed by atoms with Crippen molar-refractivity contribution in [3.05, 3.63) is 0 Å². The number of hydrogen-bond donors (Lipinski definition) is 2. The molecule has 1 saturated carbocycles. The molecule has 1 aliphatic rings. The first kappa shape index (κ1) is 11.5. The second-order valence-electron chi connectivity index (χ2n) is 3.90. The molecule has 0 bridgehead atoms. The van der Waals surface area contributed by atoms with E-state index in [0.29, 0.717) is 18.9 Å². The summed E-state index contributed by atoms with van der Waals surface area (Å²) in [6.07, 6.45) is 4.05. The molecule has 0 aromatic heterocycles. The van der Waals surface area contributed by atoms with Gasteiger partial charge in [-0.1, -0.05) is 6.42 Å². The van der Waals surface area contributed by atoms with Crippen LogP contribution in [-0.4, -0.2) is 32.2 Å². The molecule has 4 heteroatoms. The topological polar surface area (TPSA) is 64.3 Å². The van der Waals surface area contributed by atoms with Crippen LogP contribution in [0.25, 0.3) is 0 Å². The third kappa shape index (κ3) is 3.64. The second kappa shape index (κ2) is 5.98. The number of nitrogens with one attached hydrogen (secondary N) is 1. The summed E-state index contributed by atoms with van der Waals surface area (Å²) in [4.78, 5) is 11.4. The number of hydrogen-bond acceptors (Lipinski definition) is 3. The lowest BCUT2D eigenvalue weighted by Crippen LogP contribution is -2.36. The molecule has 0 spiro atoms. The Bertz CT molecular complexity index is 177. The van der Waals surface area contributed by atoms with Crippen LogP contribution in [-0.2, 0) is 9.53 Å². The van der Waals surface area contributed by atoms with Gasteiger partial charge >= 0.3 is 0 Å². The first-order valence-corrected chi connectivity index (χ1v) is 5.25. The summed E-state index contributed by atoms with van der Waals surface area (Å²) in [5, 5.41) is 2.91. The van der Waals surface area contributed by atoms with E-state index < -0.39 is 0 Å². The van der Waals surface area contributed by atoms with Gasteiger partial charge in [-0.3, -0.25) is 4.79 Å². The summed E-state index contributed by atoms with van der Waals surface area (Å²) in [6.45, 7) is 1.22. The average molecular weight is 200 g/mol. The van der Waals surface area contributed by atoms with Gasteiger partial charge in [-0.2, -0.15) is 0 Å². The molecule has 1 unspecified atom stereocenters. The third-order valence-electron chi connectivity index (χ3n) is 2.82. The van der Waals surface area contributed by atoms with Crippen LogP contribution in [0.15, 0.2) is 0 Å². The van der Waals surface area contributed by atoms with E-state index in [9.17, 15) is 4.79 Å². The summed E-state index contributed by atoms with van der Waals surface area (Å²) >= 11 is 0. The Morgan fingerprint density at radius 2 is 2.36 bits per heavy atom. The highest BCUT2D eigenvalue weighted by atomic mass is 16.5. The molecule has 0 saturated heterocycles. The smallest absolute Gasteiger partial charge is 0.222 e. The van der Waals surface area contributed by atoms with Crippen molar-refractivity contribution in [1.82, 2.24) is 5.32 Å². The SMILES string of the molecule is COC(CN)CC(=O)NCC1CCC1. The second-order valence-corrected chi connectivity index (χ2v) is 3.90. The fraction of sp³-hybridized carbons (Fsp3) is 0.900. The summed E-state index contributed by atoms with van der Waals surface area (Å²) in [7, 11) is 1.58. The Balaban J connectivity index is 2.07. The van der Waals surface area contributed by atoms with Gasteiger partial charge < -0.3 is 15.8 Å². The van der Waals surface area contributed by atoms with Crippen molar-refractivity contribution in [3.8, 4) is 0 Å². The fourth-order valence-electron chi connectivity index (χ4n) is 1.50. The normalized spacial score (nSPS) is 18.7. The molecule has 0 heterocycles. The molecule has 1 rings (SSSR count). The van der Waals surface area contributed by atoms with E-state index in [1.165, 1.54) is 19.3 Å². The fourth-order valence-corrected chi connectivity index (χ4v) is 1.50. The van der Waals surface area contributed by atoms with E-state index in [1.807, 2.05) is 0 Å². The van der Waals surface area contributed by atoms with Crippen LogP contribution in [0.2, 0.25) is 0 Å². The Morgan fingerprint density at radius 1 is 1.64 bits per heavy atom. The first-order chi connectivity index (χ1) is 6.76. The Kier molecular flexibility index (Phi) is 4.90. The lowest BCUT2D eigenvalue weighted by atomic mass is 9.85. The summed E-state index contributed by atoms with van der Waals surface area (Å²) in [6, 6.07) is 0. The number of carbonyl (C=O) groups excluding carboxylic acids is 1. The number of ether oxygens (including phenoxy) is 1. The highest BCUT2D eigenvalue weighted by Crippen LogP contribution is 2.25. The predicted molar refractivity (Wildman–Crippen MR) is 54.8 cm³/mol. The largest absolute Gasteiger partial charge is 0.380 e. The molecule has 1 atom stereocenters. The Hall–Kier alpha value is -0.610. The van der Waals surface area contributed by atoms with Crippen LogP contribution in [0, 0.1) is 5.92 Å². The van der Waals surface area contributed by atoms with E-state index in [-0.39, 0.29) is 12.0 Å². The van der Waals surface area contributed by atoms with Gasteiger partial charge in [-0.25, -0.2) is 0 Å². The monoisotopic (exact) mass is 200 g/mol. The highest BCUT2D eigenvalue weighted by Gasteiger charge is 2.18. The third-order valence-corrected chi connectivity index (χ3v) is 2.82. The van der Waals surface area contributed by atoms with Gasteiger partial charge in [0, 0.05) is 20.2 Å². The zero-order valence-electron chi connectivity index (χ0n) is 8.79. The van der Waals surface area contributed by atoms with Crippen molar-refractivity contribution in [3.63, 3.8) is 0 Å². The molecular formula is C10H20N2O2. The van der Waals surface area contributed by atoms with E-state index in [0.717, 1.165) is 6.54 Å². The van der Waals surface area contributed by atoms with Gasteiger partial charge in [-0.05, 0) is 18.8 Å². The van der Waals surface area contributed by atoms with Crippen molar-refractivity contribution in [2.45, 2.75) is 31.8 Å². The molecule has 82 valence electrons. The number of carbonyl (C=O) groups is 1. The van der Waals surface area contributed by atoms with Crippen molar-refractivity contribution in [2.24, 2.45) is 11.7 Å². The van der Waals surface area contributed by atoms with Gasteiger partial charge in [0.25, 0.3) is 0 Å². The van der Waals surface area contributed by atoms with Gasteiger partial charge in [0.15, 0.2) is 0 Å². The molecule has 0 aromatic rings. The van der Waals surface area contributed by atoms with Crippen molar-refractivity contribution >= 4 is 5.91 Å². The van der Waals surface area contributed by atoms with E-state index in [4.69, 9.17) is 10.5 Å². The zero-order chi connectivity index (χ0) is 10.4. The van der Waals surface area contributed by atoms with Gasteiger partial charge in [0.1, 0.15) is 0 Å². The summed E-state index contributed by atoms with van der Waals surface area (Å²) in [5.74, 6) is 0.757. The molecule has 0 aromatic carbocycles. The summed E-state index contributed by atoms with van der Waals surface area (Å²) in [5.41, 5.74) is 5.42. The Labute approximate surface area is 85.2 Å². The van der Waals surface area contributed by atoms with Crippen molar-refractivity contribution < 1.29 is 9.53 Å². The summed E-state index contributed by atoms with van der Waals surface area (Å²) < 4.78 is 5.03. The minimum Gasteiger partial charge on any atom is -0.380 e. The standard InChI is InChI=1S/C10H20N2O2/c1-14-9(6-11)5-10(13)12-7-8-3-2-4-8/h8-9H,2-7,11H2,1H3,(H,12,13). The highest BCUT2D eigenvalue weighted by molar-refractivity contribution is 5.76. The molecule has 1 fully saturated rings. The number of rotatable bonds is 6. The van der Waals surface area contributed by atoms with Crippen LogP contribution < -0.4 is 11.1 Å². The number of amides is 1. The molecular weight excluding hydrogens is 180 g/mol. The maximum Gasteiger partial charge on any atom is 0.222 e. The Morgan fingerprint density at radius 3 is 2.79 bits per heavy atom. The molecule has 3 N–H and O–H groups in total. The predicted octanol–water partition coefficient (Wildman–Crippen LogP) is 0.267. The molecule has 1 aliphatic carbocycles. The van der Waals surface area contributed by atoms with Crippen LogP contribution in [0.5, 0.6) is 0 Å². The van der Waals surface area contributed by atoms with Crippen molar-refractivity contribution in [2.75, 3.05) is 20.2 Å². The van der Waals surface area contributed by atoms with Crippen LogP contribution >= 0.6 is 0 Å². The lowest BCUT2D eigenvalue weighted by molar-refractivity contribution is -0.123. The van der Waals surface area contributed by atoms with E-state index >= 15 is 0 Å². The average Bonchev–Trinajstić information content (AvgIpc) is 2.11. The van der Waals surface area contributed by atoms with E-state index in [1.54, 1.807) is 7.11 Å². The maximum atomic E-state index is 11.4. The molecule has 0 aliphatic heterocycles. The van der Waals surface area contributed by atoms with Crippen LogP contribution in [0.4, 0.5) is 0 Å². The van der Waals surface area contributed by atoms with Gasteiger partial charge in [0.2, 0.25) is 5.91 Å². The number of methoxy groups -OCH3 is 1. The minimum absolute atomic E-state index is 0.0502. The van der Waals surface area contributed by atoms with Gasteiger partial charge in [-0.15, -0.1) is 0 Å². The zero-order valence-corrected chi connectivity index (χ0v) is 8.79. The molecule has 0 radical (unpaired) electrons. The van der Waals surface area contributed by atoms with Gasteiger partial charge in [0.05, 0.1) is 12.5 Å². The lowest BCUT2D eigenvalue weighted by Gasteiger charge is -2.25. The van der Waals surface area contributed by atoms with E-state index in [2.05, 4.69) is 5.32 Å². The minimum atomic E-state index is -0.142. The molecule has 1 amide bonds. The van der Waals surface area contributed by atoms with Crippen molar-refractivity contribution in [1.29, 1.82) is 0 Å². The van der Waals surface area contributed by atoms with Crippen LogP contribution in [0.1, 0.15) is 25.7 Å². The molecule has 14 heavy (non-hydrogen) atoms. The molecule has 4 nitrogen and oxygen atoms in total.